The molecule has 14 heavy (non-hydrogen) atoms. The van der Waals surface area contributed by atoms with Crippen molar-refractivity contribution in [3.8, 4) is 5.75 Å². The minimum Gasteiger partial charge on any atom is -0.496 e. The lowest BCUT2D eigenvalue weighted by Gasteiger charge is -2.13. The summed E-state index contributed by atoms with van der Waals surface area (Å²) in [5, 5.41) is 2.80. The van der Waals surface area contributed by atoms with Gasteiger partial charge in [-0.15, -0.1) is 0 Å². The van der Waals surface area contributed by atoms with E-state index >= 15 is 0 Å². The highest BCUT2D eigenvalue weighted by Crippen LogP contribution is 2.28. The fraction of sp³-hybridized carbons (Fsp3) is 0.364. The van der Waals surface area contributed by atoms with Gasteiger partial charge < -0.3 is 10.1 Å². The van der Waals surface area contributed by atoms with E-state index in [1.54, 1.807) is 7.11 Å². The van der Waals surface area contributed by atoms with Gasteiger partial charge in [0, 0.05) is 12.5 Å². The van der Waals surface area contributed by atoms with E-state index in [9.17, 15) is 4.79 Å². The number of amides is 1. The molecule has 76 valence electrons. The summed E-state index contributed by atoms with van der Waals surface area (Å²) in [6.45, 7) is 5.38. The van der Waals surface area contributed by atoms with Crippen molar-refractivity contribution in [3.05, 3.63) is 23.3 Å². The first-order chi connectivity index (χ1) is 6.56. The number of carbonyl (C=O) groups is 1. The Morgan fingerprint density at radius 1 is 1.36 bits per heavy atom. The van der Waals surface area contributed by atoms with Gasteiger partial charge in [-0.25, -0.2) is 0 Å². The lowest BCUT2D eigenvalue weighted by molar-refractivity contribution is -0.114. The van der Waals surface area contributed by atoms with Crippen LogP contribution in [-0.2, 0) is 4.79 Å². The zero-order valence-corrected chi connectivity index (χ0v) is 8.97. The van der Waals surface area contributed by atoms with Crippen molar-refractivity contribution in [3.63, 3.8) is 0 Å². The second kappa shape index (κ2) is 4.13. The molecule has 0 spiro atoms. The SMILES string of the molecule is COc1ccc(C)c(NC(C)=O)c1C. The van der Waals surface area contributed by atoms with Crippen LogP contribution in [0.25, 0.3) is 0 Å². The summed E-state index contributed by atoms with van der Waals surface area (Å²) in [7, 11) is 1.62. The maximum atomic E-state index is 11.0. The zero-order chi connectivity index (χ0) is 10.7. The topological polar surface area (TPSA) is 38.3 Å². The first-order valence-electron chi connectivity index (χ1n) is 4.48. The molecule has 1 aromatic carbocycles. The van der Waals surface area contributed by atoms with Gasteiger partial charge in [0.15, 0.2) is 0 Å². The molecule has 3 nitrogen and oxygen atoms in total. The van der Waals surface area contributed by atoms with Crippen molar-refractivity contribution >= 4 is 11.6 Å². The second-order valence-electron chi connectivity index (χ2n) is 3.27. The Labute approximate surface area is 84.1 Å². The Hall–Kier alpha value is -1.51. The Morgan fingerprint density at radius 2 is 2.00 bits per heavy atom. The summed E-state index contributed by atoms with van der Waals surface area (Å²) >= 11 is 0. The third-order valence-electron chi connectivity index (χ3n) is 2.14. The number of hydrogen-bond acceptors (Lipinski definition) is 2. The van der Waals surface area contributed by atoms with Gasteiger partial charge in [0.2, 0.25) is 5.91 Å². The largest absolute Gasteiger partial charge is 0.496 e. The summed E-state index contributed by atoms with van der Waals surface area (Å²) < 4.78 is 5.17. The smallest absolute Gasteiger partial charge is 0.221 e. The van der Waals surface area contributed by atoms with E-state index in [1.165, 1.54) is 6.92 Å². The third-order valence-corrected chi connectivity index (χ3v) is 2.14. The van der Waals surface area contributed by atoms with Crippen LogP contribution in [0.4, 0.5) is 5.69 Å². The van der Waals surface area contributed by atoms with Gasteiger partial charge in [0.25, 0.3) is 0 Å². The molecule has 3 heteroatoms. The van der Waals surface area contributed by atoms with Crippen molar-refractivity contribution in [1.82, 2.24) is 0 Å². The predicted molar refractivity (Wildman–Crippen MR) is 56.8 cm³/mol. The van der Waals surface area contributed by atoms with Crippen molar-refractivity contribution in [1.29, 1.82) is 0 Å². The fourth-order valence-electron chi connectivity index (χ4n) is 1.42. The van der Waals surface area contributed by atoms with Crippen molar-refractivity contribution in [2.45, 2.75) is 20.8 Å². The number of aryl methyl sites for hydroxylation is 1. The second-order valence-corrected chi connectivity index (χ2v) is 3.27. The van der Waals surface area contributed by atoms with Crippen LogP contribution in [0.2, 0.25) is 0 Å². The van der Waals surface area contributed by atoms with E-state index in [2.05, 4.69) is 5.32 Å². The van der Waals surface area contributed by atoms with E-state index in [-0.39, 0.29) is 5.91 Å². The van der Waals surface area contributed by atoms with E-state index < -0.39 is 0 Å². The maximum Gasteiger partial charge on any atom is 0.221 e. The molecule has 1 amide bonds. The number of hydrogen-bond donors (Lipinski definition) is 1. The first-order valence-corrected chi connectivity index (χ1v) is 4.48. The number of anilines is 1. The number of carbonyl (C=O) groups excluding carboxylic acids is 1. The highest BCUT2D eigenvalue weighted by Gasteiger charge is 2.08. The van der Waals surface area contributed by atoms with Crippen LogP contribution in [0, 0.1) is 13.8 Å². The monoisotopic (exact) mass is 193 g/mol. The highest BCUT2D eigenvalue weighted by molar-refractivity contribution is 5.91. The van der Waals surface area contributed by atoms with Crippen molar-refractivity contribution in [2.24, 2.45) is 0 Å². The van der Waals surface area contributed by atoms with E-state index in [0.29, 0.717) is 0 Å². The summed E-state index contributed by atoms with van der Waals surface area (Å²) in [4.78, 5) is 11.0. The Morgan fingerprint density at radius 3 is 2.50 bits per heavy atom. The van der Waals surface area contributed by atoms with Gasteiger partial charge in [0.05, 0.1) is 12.8 Å². The molecular formula is C11H15NO2. The average molecular weight is 193 g/mol. The zero-order valence-electron chi connectivity index (χ0n) is 8.97. The van der Waals surface area contributed by atoms with Crippen molar-refractivity contribution < 1.29 is 9.53 Å². The van der Waals surface area contributed by atoms with Gasteiger partial charge >= 0.3 is 0 Å². The molecule has 0 atom stereocenters. The van der Waals surface area contributed by atoms with Gasteiger partial charge in [-0.1, -0.05) is 6.07 Å². The third kappa shape index (κ3) is 2.05. The maximum absolute atomic E-state index is 11.0. The summed E-state index contributed by atoms with van der Waals surface area (Å²) in [6.07, 6.45) is 0. The minimum absolute atomic E-state index is 0.0653. The molecule has 0 radical (unpaired) electrons. The van der Waals surface area contributed by atoms with Gasteiger partial charge in [0.1, 0.15) is 5.75 Å². The van der Waals surface area contributed by atoms with Crippen LogP contribution in [0.3, 0.4) is 0 Å². The number of rotatable bonds is 2. The van der Waals surface area contributed by atoms with Crippen LogP contribution in [0.5, 0.6) is 5.75 Å². The molecule has 0 fully saturated rings. The molecule has 0 aliphatic carbocycles. The number of benzene rings is 1. The quantitative estimate of drug-likeness (QED) is 0.782. The normalized spacial score (nSPS) is 9.71. The standard InChI is InChI=1S/C11H15NO2/c1-7-5-6-10(14-4)8(2)11(7)12-9(3)13/h5-6H,1-4H3,(H,12,13). The molecule has 0 aliphatic heterocycles. The fourth-order valence-corrected chi connectivity index (χ4v) is 1.42. The van der Waals surface area contributed by atoms with Crippen LogP contribution in [0.15, 0.2) is 12.1 Å². The Balaban J connectivity index is 3.18. The van der Waals surface area contributed by atoms with Crippen LogP contribution in [0.1, 0.15) is 18.1 Å². The van der Waals surface area contributed by atoms with Crippen LogP contribution < -0.4 is 10.1 Å². The average Bonchev–Trinajstić information content (AvgIpc) is 2.12. The van der Waals surface area contributed by atoms with Gasteiger partial charge in [-0.3, -0.25) is 4.79 Å². The van der Waals surface area contributed by atoms with Crippen LogP contribution >= 0.6 is 0 Å². The van der Waals surface area contributed by atoms with E-state index in [0.717, 1.165) is 22.6 Å². The lowest BCUT2D eigenvalue weighted by Crippen LogP contribution is -2.09. The number of methoxy groups -OCH3 is 1. The highest BCUT2D eigenvalue weighted by atomic mass is 16.5. The van der Waals surface area contributed by atoms with Crippen molar-refractivity contribution in [2.75, 3.05) is 12.4 Å². The Bertz CT molecular complexity index is 359. The minimum atomic E-state index is -0.0653. The molecule has 0 aromatic heterocycles. The van der Waals surface area contributed by atoms with E-state index in [4.69, 9.17) is 4.74 Å². The molecule has 1 aromatic rings. The Kier molecular flexibility index (Phi) is 3.12. The molecule has 1 N–H and O–H groups in total. The number of nitrogens with one attached hydrogen (secondary N) is 1. The molecular weight excluding hydrogens is 178 g/mol. The molecule has 0 aliphatic rings. The summed E-state index contributed by atoms with van der Waals surface area (Å²) in [5.41, 5.74) is 2.85. The molecule has 0 unspecified atom stereocenters. The molecule has 0 saturated carbocycles. The van der Waals surface area contributed by atoms with E-state index in [1.807, 2.05) is 26.0 Å². The lowest BCUT2D eigenvalue weighted by atomic mass is 10.1. The van der Waals surface area contributed by atoms with Gasteiger partial charge in [-0.05, 0) is 25.5 Å². The molecule has 0 bridgehead atoms. The van der Waals surface area contributed by atoms with Gasteiger partial charge in [-0.2, -0.15) is 0 Å². The first kappa shape index (κ1) is 10.6. The van der Waals surface area contributed by atoms with Crippen LogP contribution in [-0.4, -0.2) is 13.0 Å². The number of ether oxygens (including phenoxy) is 1. The molecule has 1 rings (SSSR count). The predicted octanol–water partition coefficient (Wildman–Crippen LogP) is 2.27. The molecule has 0 saturated heterocycles. The summed E-state index contributed by atoms with van der Waals surface area (Å²) in [6, 6.07) is 3.83. The molecule has 0 heterocycles. The summed E-state index contributed by atoms with van der Waals surface area (Å²) in [5.74, 6) is 0.726.